The number of hydrogen-bond acceptors (Lipinski definition) is 3. The van der Waals surface area contributed by atoms with Crippen LogP contribution in [0.25, 0.3) is 10.1 Å². The molecule has 0 aliphatic rings. The van der Waals surface area contributed by atoms with Crippen molar-refractivity contribution in [2.24, 2.45) is 0 Å². The molecule has 1 aromatic heterocycles. The Morgan fingerprint density at radius 1 is 1.04 bits per heavy atom. The number of rotatable bonds is 6. The SMILES string of the molecule is CCN(CC)Cc1cccc(NC(=O)c2cc3ccccc3s2)c1. The summed E-state index contributed by atoms with van der Waals surface area (Å²) in [4.78, 5) is 15.6. The molecule has 0 fully saturated rings. The molecule has 3 aromatic rings. The summed E-state index contributed by atoms with van der Waals surface area (Å²) in [5, 5.41) is 4.14. The van der Waals surface area contributed by atoms with Crippen molar-refractivity contribution in [3.8, 4) is 0 Å². The van der Waals surface area contributed by atoms with Gasteiger partial charge in [-0.05, 0) is 48.3 Å². The van der Waals surface area contributed by atoms with Gasteiger partial charge in [-0.3, -0.25) is 9.69 Å². The molecule has 1 heterocycles. The van der Waals surface area contributed by atoms with Gasteiger partial charge in [-0.25, -0.2) is 0 Å². The lowest BCUT2D eigenvalue weighted by atomic mass is 10.2. The summed E-state index contributed by atoms with van der Waals surface area (Å²) in [7, 11) is 0. The summed E-state index contributed by atoms with van der Waals surface area (Å²) < 4.78 is 1.14. The van der Waals surface area contributed by atoms with Gasteiger partial charge in [0.25, 0.3) is 5.91 Å². The zero-order valence-corrected chi connectivity index (χ0v) is 14.9. The van der Waals surface area contributed by atoms with Gasteiger partial charge in [0, 0.05) is 16.9 Å². The molecule has 0 bridgehead atoms. The Morgan fingerprint density at radius 2 is 1.83 bits per heavy atom. The van der Waals surface area contributed by atoms with E-state index in [0.29, 0.717) is 0 Å². The molecule has 0 aliphatic carbocycles. The second-order valence-corrected chi connectivity index (χ2v) is 6.85. The maximum Gasteiger partial charge on any atom is 0.265 e. The highest BCUT2D eigenvalue weighted by molar-refractivity contribution is 7.20. The fraction of sp³-hybridized carbons (Fsp3) is 0.250. The topological polar surface area (TPSA) is 32.3 Å². The third kappa shape index (κ3) is 3.83. The van der Waals surface area contributed by atoms with Crippen molar-refractivity contribution in [2.45, 2.75) is 20.4 Å². The molecule has 24 heavy (non-hydrogen) atoms. The summed E-state index contributed by atoms with van der Waals surface area (Å²) in [5.41, 5.74) is 2.06. The van der Waals surface area contributed by atoms with E-state index in [4.69, 9.17) is 0 Å². The molecular formula is C20H22N2OS. The van der Waals surface area contributed by atoms with Crippen LogP contribution in [0.5, 0.6) is 0 Å². The molecule has 1 amide bonds. The number of nitrogens with one attached hydrogen (secondary N) is 1. The molecule has 3 nitrogen and oxygen atoms in total. The Morgan fingerprint density at radius 3 is 2.58 bits per heavy atom. The Balaban J connectivity index is 1.74. The first-order valence-electron chi connectivity index (χ1n) is 8.30. The average Bonchev–Trinajstić information content (AvgIpc) is 3.04. The molecule has 2 aromatic carbocycles. The summed E-state index contributed by atoms with van der Waals surface area (Å²) in [6.45, 7) is 7.27. The molecule has 1 N–H and O–H groups in total. The van der Waals surface area contributed by atoms with Crippen LogP contribution in [0.4, 0.5) is 5.69 Å². The number of thiophene rings is 1. The van der Waals surface area contributed by atoms with Crippen molar-refractivity contribution in [3.63, 3.8) is 0 Å². The number of nitrogens with zero attached hydrogens (tertiary/aromatic N) is 1. The number of carbonyl (C=O) groups excluding carboxylic acids is 1. The van der Waals surface area contributed by atoms with Crippen LogP contribution in [0, 0.1) is 0 Å². The van der Waals surface area contributed by atoms with Gasteiger partial charge in [-0.2, -0.15) is 0 Å². The number of benzene rings is 2. The average molecular weight is 338 g/mol. The molecule has 0 atom stereocenters. The largest absolute Gasteiger partial charge is 0.321 e. The number of fused-ring (bicyclic) bond motifs is 1. The minimum Gasteiger partial charge on any atom is -0.321 e. The Labute approximate surface area is 146 Å². The first-order chi connectivity index (χ1) is 11.7. The molecule has 0 radical (unpaired) electrons. The minimum absolute atomic E-state index is 0.0452. The third-order valence-electron chi connectivity index (χ3n) is 4.13. The van der Waals surface area contributed by atoms with E-state index in [2.05, 4.69) is 36.2 Å². The van der Waals surface area contributed by atoms with E-state index in [1.54, 1.807) is 0 Å². The molecule has 3 rings (SSSR count). The molecule has 0 unspecified atom stereocenters. The van der Waals surface area contributed by atoms with E-state index in [9.17, 15) is 4.79 Å². The van der Waals surface area contributed by atoms with Gasteiger partial charge in [-0.1, -0.05) is 44.2 Å². The highest BCUT2D eigenvalue weighted by Gasteiger charge is 2.11. The van der Waals surface area contributed by atoms with Gasteiger partial charge in [0.15, 0.2) is 0 Å². The van der Waals surface area contributed by atoms with Crippen molar-refractivity contribution in [1.29, 1.82) is 0 Å². The van der Waals surface area contributed by atoms with Crippen molar-refractivity contribution in [2.75, 3.05) is 18.4 Å². The number of hydrogen-bond donors (Lipinski definition) is 1. The zero-order chi connectivity index (χ0) is 16.9. The Kier molecular flexibility index (Phi) is 5.28. The standard InChI is InChI=1S/C20H22N2OS/c1-3-22(4-2)14-15-8-7-10-17(12-15)21-20(23)19-13-16-9-5-6-11-18(16)24-19/h5-13H,3-4,14H2,1-2H3,(H,21,23). The highest BCUT2D eigenvalue weighted by atomic mass is 32.1. The van der Waals surface area contributed by atoms with Gasteiger partial charge in [0.1, 0.15) is 0 Å². The third-order valence-corrected chi connectivity index (χ3v) is 5.25. The maximum absolute atomic E-state index is 12.5. The Hall–Kier alpha value is -2.17. The monoisotopic (exact) mass is 338 g/mol. The van der Waals surface area contributed by atoms with Crippen LogP contribution in [0.1, 0.15) is 29.1 Å². The Bertz CT molecular complexity index is 803. The predicted molar refractivity (Wildman–Crippen MR) is 103 cm³/mol. The molecule has 0 aliphatic heterocycles. The first kappa shape index (κ1) is 16.7. The first-order valence-corrected chi connectivity index (χ1v) is 9.12. The van der Waals surface area contributed by atoms with Crippen LogP contribution < -0.4 is 5.32 Å². The second-order valence-electron chi connectivity index (χ2n) is 5.76. The molecule has 0 saturated heterocycles. The molecular weight excluding hydrogens is 316 g/mol. The van der Waals surface area contributed by atoms with Gasteiger partial charge in [0.2, 0.25) is 0 Å². The lowest BCUT2D eigenvalue weighted by Gasteiger charge is -2.18. The second kappa shape index (κ2) is 7.60. The maximum atomic E-state index is 12.5. The van der Waals surface area contributed by atoms with Crippen LogP contribution in [0.15, 0.2) is 54.6 Å². The van der Waals surface area contributed by atoms with Crippen molar-refractivity contribution >= 4 is 33.0 Å². The number of carbonyl (C=O) groups is 1. The van der Waals surface area contributed by atoms with Crippen molar-refractivity contribution < 1.29 is 4.79 Å². The summed E-state index contributed by atoms with van der Waals surface area (Å²) in [6.07, 6.45) is 0. The quantitative estimate of drug-likeness (QED) is 0.686. The van der Waals surface area contributed by atoms with Crippen molar-refractivity contribution in [3.05, 3.63) is 65.0 Å². The van der Waals surface area contributed by atoms with Crippen LogP contribution in [0.2, 0.25) is 0 Å². The van der Waals surface area contributed by atoms with E-state index in [1.165, 1.54) is 16.9 Å². The zero-order valence-electron chi connectivity index (χ0n) is 14.1. The van der Waals surface area contributed by atoms with Crippen molar-refractivity contribution in [1.82, 2.24) is 4.90 Å². The predicted octanol–water partition coefficient (Wildman–Crippen LogP) is 5.00. The van der Waals surface area contributed by atoms with Gasteiger partial charge < -0.3 is 5.32 Å². The normalized spacial score (nSPS) is 11.1. The van der Waals surface area contributed by atoms with Crippen LogP contribution in [-0.4, -0.2) is 23.9 Å². The molecule has 124 valence electrons. The van der Waals surface area contributed by atoms with Crippen LogP contribution >= 0.6 is 11.3 Å². The van der Waals surface area contributed by atoms with E-state index >= 15 is 0 Å². The fourth-order valence-electron chi connectivity index (χ4n) is 2.74. The molecule has 0 spiro atoms. The summed E-state index contributed by atoms with van der Waals surface area (Å²) in [6, 6.07) is 18.1. The summed E-state index contributed by atoms with van der Waals surface area (Å²) >= 11 is 1.53. The van der Waals surface area contributed by atoms with Gasteiger partial charge in [-0.15, -0.1) is 11.3 Å². The number of anilines is 1. The van der Waals surface area contributed by atoms with E-state index < -0.39 is 0 Å². The van der Waals surface area contributed by atoms with E-state index in [1.807, 2.05) is 42.5 Å². The smallest absolute Gasteiger partial charge is 0.265 e. The van der Waals surface area contributed by atoms with Gasteiger partial charge >= 0.3 is 0 Å². The molecule has 4 heteroatoms. The lowest BCUT2D eigenvalue weighted by molar-refractivity contribution is 0.103. The molecule has 0 saturated carbocycles. The minimum atomic E-state index is -0.0452. The van der Waals surface area contributed by atoms with Crippen LogP contribution in [0.3, 0.4) is 0 Å². The highest BCUT2D eigenvalue weighted by Crippen LogP contribution is 2.26. The van der Waals surface area contributed by atoms with E-state index in [0.717, 1.165) is 40.3 Å². The van der Waals surface area contributed by atoms with Crippen LogP contribution in [-0.2, 0) is 6.54 Å². The fourth-order valence-corrected chi connectivity index (χ4v) is 3.70. The summed E-state index contributed by atoms with van der Waals surface area (Å²) in [5.74, 6) is -0.0452. The lowest BCUT2D eigenvalue weighted by Crippen LogP contribution is -2.22. The van der Waals surface area contributed by atoms with Gasteiger partial charge in [0.05, 0.1) is 4.88 Å². The van der Waals surface area contributed by atoms with E-state index in [-0.39, 0.29) is 5.91 Å². The number of amides is 1.